The highest BCUT2D eigenvalue weighted by atomic mass is 32.1. The molecule has 2 aromatic heterocycles. The largest absolute Gasteiger partial charge is 0.507 e. The Morgan fingerprint density at radius 3 is 2.60 bits per heavy atom. The molecule has 4 rings (SSSR count). The quantitative estimate of drug-likeness (QED) is 0.568. The van der Waals surface area contributed by atoms with E-state index in [1.807, 2.05) is 12.3 Å². The third kappa shape index (κ3) is 2.99. The van der Waals surface area contributed by atoms with Gasteiger partial charge in [-0.05, 0) is 55.2 Å². The summed E-state index contributed by atoms with van der Waals surface area (Å²) in [4.78, 5) is 6.75. The fourth-order valence-corrected chi connectivity index (χ4v) is 3.96. The van der Waals surface area contributed by atoms with Gasteiger partial charge in [0.2, 0.25) is 0 Å². The zero-order valence-corrected chi connectivity index (χ0v) is 15.2. The molecule has 0 atom stereocenters. The third-order valence-corrected chi connectivity index (χ3v) is 5.39. The number of rotatable bonds is 4. The lowest BCUT2D eigenvalue weighted by Gasteiger charge is -2.12. The van der Waals surface area contributed by atoms with E-state index in [0.29, 0.717) is 5.75 Å². The summed E-state index contributed by atoms with van der Waals surface area (Å²) < 4.78 is 1.14. The van der Waals surface area contributed by atoms with Gasteiger partial charge in [-0.15, -0.1) is 11.3 Å². The van der Waals surface area contributed by atoms with E-state index in [0.717, 1.165) is 45.1 Å². The summed E-state index contributed by atoms with van der Waals surface area (Å²) in [7, 11) is 4.17. The van der Waals surface area contributed by atoms with Crippen LogP contribution in [0.1, 0.15) is 5.56 Å². The van der Waals surface area contributed by atoms with Crippen molar-refractivity contribution in [1.82, 2.24) is 9.88 Å². The Labute approximate surface area is 151 Å². The highest BCUT2D eigenvalue weighted by molar-refractivity contribution is 7.17. The maximum atomic E-state index is 10.6. The van der Waals surface area contributed by atoms with Crippen LogP contribution in [-0.2, 0) is 6.42 Å². The molecule has 0 unspecified atom stereocenters. The van der Waals surface area contributed by atoms with Crippen LogP contribution in [0, 0.1) is 0 Å². The first kappa shape index (κ1) is 16.1. The molecule has 4 aromatic rings. The second kappa shape index (κ2) is 6.47. The first-order valence-corrected chi connectivity index (χ1v) is 9.23. The number of thiophene rings is 1. The second-order valence-electron chi connectivity index (χ2n) is 6.56. The second-order valence-corrected chi connectivity index (χ2v) is 7.51. The highest BCUT2D eigenvalue weighted by Gasteiger charge is 2.14. The van der Waals surface area contributed by atoms with Gasteiger partial charge in [-0.3, -0.25) is 4.98 Å². The van der Waals surface area contributed by atoms with Crippen LogP contribution >= 0.6 is 11.3 Å². The number of likely N-dealkylation sites (N-methyl/N-ethyl adjacent to an activating group) is 1. The van der Waals surface area contributed by atoms with Crippen molar-refractivity contribution in [1.29, 1.82) is 0 Å². The number of phenolic OH excluding ortho intramolecular Hbond substituents is 1. The van der Waals surface area contributed by atoms with Crippen molar-refractivity contribution in [3.63, 3.8) is 0 Å². The van der Waals surface area contributed by atoms with E-state index in [-0.39, 0.29) is 0 Å². The average molecular weight is 348 g/mol. The fourth-order valence-electron chi connectivity index (χ4n) is 3.20. The number of benzene rings is 2. The van der Waals surface area contributed by atoms with Gasteiger partial charge in [0.15, 0.2) is 0 Å². The molecule has 2 heterocycles. The molecule has 0 fully saturated rings. The molecule has 0 aliphatic heterocycles. The number of aromatic nitrogens is 1. The normalized spacial score (nSPS) is 11.6. The molecule has 0 saturated carbocycles. The van der Waals surface area contributed by atoms with Crippen LogP contribution < -0.4 is 0 Å². The van der Waals surface area contributed by atoms with Gasteiger partial charge >= 0.3 is 0 Å². The monoisotopic (exact) mass is 348 g/mol. The zero-order chi connectivity index (χ0) is 17.4. The molecule has 0 aliphatic rings. The average Bonchev–Trinajstić information content (AvgIpc) is 3.09. The summed E-state index contributed by atoms with van der Waals surface area (Å²) in [6, 6.07) is 14.2. The van der Waals surface area contributed by atoms with Crippen LogP contribution in [0.15, 0.2) is 54.0 Å². The van der Waals surface area contributed by atoms with Gasteiger partial charge in [0.05, 0.1) is 10.2 Å². The number of fused-ring (bicyclic) bond motifs is 3. The van der Waals surface area contributed by atoms with E-state index in [1.165, 1.54) is 5.56 Å². The maximum absolute atomic E-state index is 10.6. The molecule has 0 spiro atoms. The highest BCUT2D eigenvalue weighted by Crippen LogP contribution is 2.40. The van der Waals surface area contributed by atoms with E-state index in [4.69, 9.17) is 0 Å². The minimum Gasteiger partial charge on any atom is -0.507 e. The molecular formula is C21H20N2OS. The predicted octanol–water partition coefficient (Wildman–Crippen LogP) is 4.93. The van der Waals surface area contributed by atoms with E-state index >= 15 is 0 Å². The number of hydrogen-bond donors (Lipinski definition) is 1. The summed E-state index contributed by atoms with van der Waals surface area (Å²) in [6.45, 7) is 1.03. The smallest absolute Gasteiger partial charge is 0.124 e. The molecule has 0 radical (unpaired) electrons. The maximum Gasteiger partial charge on any atom is 0.124 e. The molecule has 3 nitrogen and oxygen atoms in total. The zero-order valence-electron chi connectivity index (χ0n) is 14.4. The van der Waals surface area contributed by atoms with Crippen molar-refractivity contribution in [2.45, 2.75) is 6.42 Å². The number of nitrogens with zero attached hydrogens (tertiary/aromatic N) is 2. The van der Waals surface area contributed by atoms with Gasteiger partial charge in [0.1, 0.15) is 5.75 Å². The van der Waals surface area contributed by atoms with Crippen molar-refractivity contribution < 1.29 is 5.11 Å². The lowest BCUT2D eigenvalue weighted by atomic mass is 9.96. The first-order valence-electron chi connectivity index (χ1n) is 8.35. The van der Waals surface area contributed by atoms with Crippen molar-refractivity contribution in [3.05, 3.63) is 59.6 Å². The Bertz CT molecular complexity index is 1040. The van der Waals surface area contributed by atoms with Gasteiger partial charge in [0, 0.05) is 29.1 Å². The van der Waals surface area contributed by atoms with Crippen LogP contribution in [-0.4, -0.2) is 35.6 Å². The topological polar surface area (TPSA) is 36.4 Å². The molecule has 0 saturated heterocycles. The summed E-state index contributed by atoms with van der Waals surface area (Å²) >= 11 is 1.67. The molecule has 126 valence electrons. The molecular weight excluding hydrogens is 328 g/mol. The van der Waals surface area contributed by atoms with Crippen molar-refractivity contribution in [3.8, 4) is 16.9 Å². The number of pyridine rings is 1. The minimum atomic E-state index is 0.300. The Hall–Kier alpha value is -2.43. The lowest BCUT2D eigenvalue weighted by molar-refractivity contribution is 0.413. The van der Waals surface area contributed by atoms with Crippen LogP contribution in [0.4, 0.5) is 0 Å². The van der Waals surface area contributed by atoms with Gasteiger partial charge in [-0.25, -0.2) is 0 Å². The van der Waals surface area contributed by atoms with Gasteiger partial charge in [-0.1, -0.05) is 24.3 Å². The van der Waals surface area contributed by atoms with Crippen LogP contribution in [0.5, 0.6) is 5.75 Å². The predicted molar refractivity (Wildman–Crippen MR) is 106 cm³/mol. The van der Waals surface area contributed by atoms with Gasteiger partial charge < -0.3 is 10.0 Å². The Kier molecular flexibility index (Phi) is 4.15. The van der Waals surface area contributed by atoms with Gasteiger partial charge in [-0.2, -0.15) is 0 Å². The first-order chi connectivity index (χ1) is 12.1. The van der Waals surface area contributed by atoms with Crippen LogP contribution in [0.3, 0.4) is 0 Å². The number of phenols is 1. The molecule has 0 aliphatic carbocycles. The SMILES string of the molecule is CN(C)CCc1ccc(-c2c(O)ccc3ncc4sccc4c23)cc1. The van der Waals surface area contributed by atoms with E-state index in [1.54, 1.807) is 17.4 Å². The standard InChI is InChI=1S/C21H20N2OS/c1-23(2)11-9-14-3-5-15(6-4-14)20-18(24)8-7-17-21(20)16-10-12-25-19(16)13-22-17/h3-8,10,12-13,24H,9,11H2,1-2H3. The number of hydrogen-bond acceptors (Lipinski definition) is 4. The summed E-state index contributed by atoms with van der Waals surface area (Å²) in [5.41, 5.74) is 4.11. The Morgan fingerprint density at radius 1 is 1.04 bits per heavy atom. The van der Waals surface area contributed by atoms with Crippen LogP contribution in [0.2, 0.25) is 0 Å². The molecule has 0 amide bonds. The summed E-state index contributed by atoms with van der Waals surface area (Å²) in [5, 5.41) is 14.8. The number of aromatic hydroxyl groups is 1. The fraction of sp³-hybridized carbons (Fsp3) is 0.190. The molecule has 25 heavy (non-hydrogen) atoms. The molecule has 2 aromatic carbocycles. The van der Waals surface area contributed by atoms with E-state index < -0.39 is 0 Å². The Balaban J connectivity index is 1.85. The summed E-state index contributed by atoms with van der Waals surface area (Å²) in [5.74, 6) is 0.300. The Morgan fingerprint density at radius 2 is 1.84 bits per heavy atom. The summed E-state index contributed by atoms with van der Waals surface area (Å²) in [6.07, 6.45) is 2.93. The third-order valence-electron chi connectivity index (χ3n) is 4.54. The lowest BCUT2D eigenvalue weighted by Crippen LogP contribution is -2.14. The van der Waals surface area contributed by atoms with Gasteiger partial charge in [0.25, 0.3) is 0 Å². The van der Waals surface area contributed by atoms with Crippen LogP contribution in [0.25, 0.3) is 32.1 Å². The van der Waals surface area contributed by atoms with E-state index in [2.05, 4.69) is 59.7 Å². The molecule has 0 bridgehead atoms. The van der Waals surface area contributed by atoms with E-state index in [9.17, 15) is 5.11 Å². The minimum absolute atomic E-state index is 0.300. The van der Waals surface area contributed by atoms with Crippen molar-refractivity contribution >= 4 is 32.3 Å². The van der Waals surface area contributed by atoms with Crippen molar-refractivity contribution in [2.24, 2.45) is 0 Å². The van der Waals surface area contributed by atoms with Crippen molar-refractivity contribution in [2.75, 3.05) is 20.6 Å². The molecule has 4 heteroatoms. The molecule has 1 N–H and O–H groups in total.